The molecule has 4 aromatic rings. The molecule has 0 unspecified atom stereocenters. The Kier molecular flexibility index (Phi) is 4.97. The molecule has 6 nitrogen and oxygen atoms in total. The van der Waals surface area contributed by atoms with Gasteiger partial charge in [0.2, 0.25) is 5.89 Å². The number of hydrogen-bond acceptors (Lipinski definition) is 6. The number of nitrogens with zero attached hydrogens (tertiary/aromatic N) is 3. The molecule has 0 saturated heterocycles. The fourth-order valence-electron chi connectivity index (χ4n) is 2.67. The van der Waals surface area contributed by atoms with Gasteiger partial charge < -0.3 is 4.42 Å². The lowest BCUT2D eigenvalue weighted by atomic mass is 10.1. The van der Waals surface area contributed by atoms with Crippen molar-refractivity contribution in [3.8, 4) is 11.5 Å². The van der Waals surface area contributed by atoms with Crippen LogP contribution >= 0.6 is 11.3 Å². The number of hydrogen-bond donors (Lipinski definition) is 0. The van der Waals surface area contributed by atoms with E-state index >= 15 is 0 Å². The molecule has 0 atom stereocenters. The molecule has 0 aliphatic heterocycles. The molecule has 0 saturated carbocycles. The van der Waals surface area contributed by atoms with Crippen molar-refractivity contribution in [1.82, 2.24) is 9.97 Å². The van der Waals surface area contributed by atoms with Crippen LogP contribution in [0.4, 0.5) is 5.13 Å². The maximum absolute atomic E-state index is 13.2. The van der Waals surface area contributed by atoms with Gasteiger partial charge in [-0.15, -0.1) is 11.3 Å². The lowest BCUT2D eigenvalue weighted by Gasteiger charge is -2.20. The van der Waals surface area contributed by atoms with Crippen molar-refractivity contribution < 1.29 is 12.8 Å². The van der Waals surface area contributed by atoms with Gasteiger partial charge in [0, 0.05) is 17.1 Å². The van der Waals surface area contributed by atoms with Crippen molar-refractivity contribution in [2.45, 2.75) is 18.4 Å². The molecule has 0 aliphatic rings. The van der Waals surface area contributed by atoms with Gasteiger partial charge in [0.1, 0.15) is 12.0 Å². The van der Waals surface area contributed by atoms with Crippen LogP contribution in [0.5, 0.6) is 0 Å². The number of aromatic nitrogens is 2. The SMILES string of the molecule is Cc1ccc(-c2nc(CN(c3nccs3)S(=O)(=O)c3ccccc3)co2)cc1. The third kappa shape index (κ3) is 3.69. The Morgan fingerprint density at radius 3 is 2.50 bits per heavy atom. The molecule has 0 fully saturated rings. The minimum atomic E-state index is -3.78. The van der Waals surface area contributed by atoms with Gasteiger partial charge in [-0.05, 0) is 31.2 Å². The second-order valence-electron chi connectivity index (χ2n) is 6.15. The summed E-state index contributed by atoms with van der Waals surface area (Å²) >= 11 is 1.25. The molecular weight excluding hydrogens is 394 g/mol. The Morgan fingerprint density at radius 1 is 1.07 bits per heavy atom. The van der Waals surface area contributed by atoms with Crippen molar-refractivity contribution in [1.29, 1.82) is 0 Å². The highest BCUT2D eigenvalue weighted by atomic mass is 32.2. The van der Waals surface area contributed by atoms with Crippen LogP contribution in [-0.4, -0.2) is 18.4 Å². The highest BCUT2D eigenvalue weighted by Gasteiger charge is 2.28. The number of aryl methyl sites for hydroxylation is 1. The summed E-state index contributed by atoms with van der Waals surface area (Å²) in [7, 11) is -3.78. The first-order valence-electron chi connectivity index (χ1n) is 8.53. The fraction of sp³-hybridized carbons (Fsp3) is 0.100. The average Bonchev–Trinajstić information content (AvgIpc) is 3.39. The first-order chi connectivity index (χ1) is 13.5. The van der Waals surface area contributed by atoms with Crippen LogP contribution in [-0.2, 0) is 16.6 Å². The van der Waals surface area contributed by atoms with E-state index in [1.165, 1.54) is 21.9 Å². The number of sulfonamides is 1. The van der Waals surface area contributed by atoms with Crippen LogP contribution in [0.2, 0.25) is 0 Å². The van der Waals surface area contributed by atoms with E-state index in [9.17, 15) is 8.42 Å². The summed E-state index contributed by atoms with van der Waals surface area (Å²) < 4.78 is 33.2. The smallest absolute Gasteiger partial charge is 0.266 e. The van der Waals surface area contributed by atoms with Gasteiger partial charge in [-0.25, -0.2) is 22.7 Å². The highest BCUT2D eigenvalue weighted by Crippen LogP contribution is 2.28. The topological polar surface area (TPSA) is 76.3 Å². The first-order valence-corrected chi connectivity index (χ1v) is 10.8. The molecule has 0 radical (unpaired) electrons. The number of oxazole rings is 1. The van der Waals surface area contributed by atoms with Crippen molar-refractivity contribution >= 4 is 26.5 Å². The van der Waals surface area contributed by atoms with Crippen molar-refractivity contribution in [3.63, 3.8) is 0 Å². The monoisotopic (exact) mass is 411 g/mol. The minimum Gasteiger partial charge on any atom is -0.444 e. The summed E-state index contributed by atoms with van der Waals surface area (Å²) in [6.45, 7) is 2.03. The molecule has 0 amide bonds. The van der Waals surface area contributed by atoms with Crippen LogP contribution < -0.4 is 4.31 Å². The van der Waals surface area contributed by atoms with Crippen LogP contribution in [0.3, 0.4) is 0 Å². The van der Waals surface area contributed by atoms with Gasteiger partial charge in [-0.1, -0.05) is 35.9 Å². The molecule has 0 N–H and O–H groups in total. The maximum Gasteiger partial charge on any atom is 0.266 e. The van der Waals surface area contributed by atoms with E-state index in [0.29, 0.717) is 16.7 Å². The van der Waals surface area contributed by atoms with E-state index in [4.69, 9.17) is 4.42 Å². The summed E-state index contributed by atoms with van der Waals surface area (Å²) in [4.78, 5) is 8.86. The Labute approximate surface area is 167 Å². The summed E-state index contributed by atoms with van der Waals surface area (Å²) in [5.74, 6) is 0.450. The van der Waals surface area contributed by atoms with Gasteiger partial charge >= 0.3 is 0 Å². The average molecular weight is 412 g/mol. The van der Waals surface area contributed by atoms with Crippen molar-refractivity contribution in [2.24, 2.45) is 0 Å². The molecule has 8 heteroatoms. The van der Waals surface area contributed by atoms with Crippen LogP contribution in [0, 0.1) is 6.92 Å². The van der Waals surface area contributed by atoms with Crippen molar-refractivity contribution in [3.05, 3.63) is 83.7 Å². The number of anilines is 1. The standard InChI is InChI=1S/C20H17N3O3S2/c1-15-7-9-16(10-8-15)19-22-17(14-26-19)13-23(20-21-11-12-27-20)28(24,25)18-5-3-2-4-6-18/h2-12,14H,13H2,1H3. The lowest BCUT2D eigenvalue weighted by molar-refractivity contribution is 0.572. The van der Waals surface area contributed by atoms with Gasteiger partial charge in [0.25, 0.3) is 10.0 Å². The van der Waals surface area contributed by atoms with Gasteiger partial charge in [0.05, 0.1) is 11.4 Å². The second kappa shape index (κ2) is 7.57. The van der Waals surface area contributed by atoms with E-state index in [0.717, 1.165) is 11.1 Å². The maximum atomic E-state index is 13.2. The highest BCUT2D eigenvalue weighted by molar-refractivity contribution is 7.93. The molecule has 0 spiro atoms. The largest absolute Gasteiger partial charge is 0.444 e. The molecule has 2 aromatic heterocycles. The molecule has 4 rings (SSSR count). The predicted octanol–water partition coefficient (Wildman–Crippen LogP) is 4.50. The van der Waals surface area contributed by atoms with Crippen molar-refractivity contribution in [2.75, 3.05) is 4.31 Å². The molecule has 0 aliphatic carbocycles. The second-order valence-corrected chi connectivity index (χ2v) is 8.88. The third-order valence-corrected chi connectivity index (χ3v) is 6.78. The summed E-state index contributed by atoms with van der Waals surface area (Å²) in [5.41, 5.74) is 2.48. The van der Waals surface area contributed by atoms with Crippen LogP contribution in [0.25, 0.3) is 11.5 Å². The molecular formula is C20H17N3O3S2. The van der Waals surface area contributed by atoms with Crippen LogP contribution in [0.15, 0.2) is 81.8 Å². The molecule has 2 aromatic carbocycles. The molecule has 28 heavy (non-hydrogen) atoms. The number of rotatable bonds is 6. The Morgan fingerprint density at radius 2 is 1.82 bits per heavy atom. The number of benzene rings is 2. The quantitative estimate of drug-likeness (QED) is 0.467. The molecule has 142 valence electrons. The van der Waals surface area contributed by atoms with Crippen LogP contribution in [0.1, 0.15) is 11.3 Å². The Balaban J connectivity index is 1.67. The number of thiazole rings is 1. The predicted molar refractivity (Wildman–Crippen MR) is 109 cm³/mol. The zero-order valence-electron chi connectivity index (χ0n) is 15.0. The van der Waals surface area contributed by atoms with E-state index in [1.807, 2.05) is 31.2 Å². The van der Waals surface area contributed by atoms with E-state index < -0.39 is 10.0 Å². The lowest BCUT2D eigenvalue weighted by Crippen LogP contribution is -2.30. The van der Waals surface area contributed by atoms with E-state index in [-0.39, 0.29) is 11.4 Å². The zero-order chi connectivity index (χ0) is 19.6. The third-order valence-electron chi connectivity index (χ3n) is 4.12. The normalized spacial score (nSPS) is 11.5. The van der Waals surface area contributed by atoms with E-state index in [1.54, 1.807) is 41.9 Å². The molecule has 0 bridgehead atoms. The Bertz CT molecular complexity index is 1150. The summed E-state index contributed by atoms with van der Waals surface area (Å²) in [6, 6.07) is 16.1. The summed E-state index contributed by atoms with van der Waals surface area (Å²) in [5, 5.41) is 2.12. The Hall–Kier alpha value is -2.97. The van der Waals surface area contributed by atoms with E-state index in [2.05, 4.69) is 9.97 Å². The first kappa shape index (κ1) is 18.4. The van der Waals surface area contributed by atoms with Gasteiger partial charge in [-0.2, -0.15) is 0 Å². The summed E-state index contributed by atoms with van der Waals surface area (Å²) in [6.07, 6.45) is 3.06. The minimum absolute atomic E-state index is 0.0279. The van der Waals surface area contributed by atoms with Gasteiger partial charge in [-0.3, -0.25) is 0 Å². The van der Waals surface area contributed by atoms with Gasteiger partial charge in [0.15, 0.2) is 5.13 Å². The fourth-order valence-corrected chi connectivity index (χ4v) is 4.95. The molecule has 2 heterocycles. The zero-order valence-corrected chi connectivity index (χ0v) is 16.7.